The van der Waals surface area contributed by atoms with Gasteiger partial charge < -0.3 is 14.8 Å². The van der Waals surface area contributed by atoms with Crippen LogP contribution < -0.4 is 10.2 Å². The highest BCUT2D eigenvalue weighted by Gasteiger charge is 2.41. The van der Waals surface area contributed by atoms with E-state index in [-0.39, 0.29) is 43.1 Å². The van der Waals surface area contributed by atoms with Crippen molar-refractivity contribution in [2.24, 2.45) is 0 Å². The summed E-state index contributed by atoms with van der Waals surface area (Å²) in [5, 5.41) is 2.70. The van der Waals surface area contributed by atoms with Crippen LogP contribution in [-0.2, 0) is 33.5 Å². The number of carbonyl (C=O) groups excluding carboxylic acids is 1. The van der Waals surface area contributed by atoms with Crippen LogP contribution in [0.3, 0.4) is 0 Å². The maximum absolute atomic E-state index is 14.5. The molecule has 0 spiro atoms. The van der Waals surface area contributed by atoms with E-state index in [0.29, 0.717) is 30.1 Å². The number of amides is 1. The van der Waals surface area contributed by atoms with Crippen molar-refractivity contribution in [3.05, 3.63) is 59.6 Å². The van der Waals surface area contributed by atoms with Gasteiger partial charge in [-0.25, -0.2) is 15.0 Å². The van der Waals surface area contributed by atoms with Crippen molar-refractivity contribution in [1.82, 2.24) is 15.0 Å². The van der Waals surface area contributed by atoms with E-state index in [4.69, 9.17) is 9.47 Å². The molecule has 2 aromatic heterocycles. The van der Waals surface area contributed by atoms with E-state index < -0.39 is 23.5 Å². The molecule has 3 aromatic rings. The number of hydrogen-bond acceptors (Lipinski definition) is 7. The van der Waals surface area contributed by atoms with Gasteiger partial charge in [-0.2, -0.15) is 13.2 Å². The van der Waals surface area contributed by atoms with E-state index in [0.717, 1.165) is 10.5 Å². The molecule has 0 aliphatic carbocycles. The van der Waals surface area contributed by atoms with Gasteiger partial charge in [0.25, 0.3) is 5.91 Å². The SMILES string of the molecule is C=C1Nc2nc(nc3cnc(N4CCOCC4=O)c(C(F)(F)F)c23)CCOCc2ccccc21. The fourth-order valence-electron chi connectivity index (χ4n) is 4.08. The number of fused-ring (bicyclic) bond motifs is 5. The van der Waals surface area contributed by atoms with E-state index >= 15 is 0 Å². The van der Waals surface area contributed by atoms with Crippen molar-refractivity contribution >= 4 is 34.1 Å². The minimum Gasteiger partial charge on any atom is -0.376 e. The number of nitrogens with zero attached hydrogens (tertiary/aromatic N) is 4. The van der Waals surface area contributed by atoms with Crippen molar-refractivity contribution in [2.45, 2.75) is 19.2 Å². The van der Waals surface area contributed by atoms with Crippen molar-refractivity contribution < 1.29 is 27.4 Å². The first kappa shape index (κ1) is 22.2. The summed E-state index contributed by atoms with van der Waals surface area (Å²) >= 11 is 0. The second-order valence-corrected chi connectivity index (χ2v) is 7.86. The van der Waals surface area contributed by atoms with E-state index in [2.05, 4.69) is 26.8 Å². The monoisotopic (exact) mass is 471 g/mol. The van der Waals surface area contributed by atoms with Crippen LogP contribution in [-0.4, -0.2) is 47.2 Å². The Labute approximate surface area is 192 Å². The molecule has 11 heteroatoms. The summed E-state index contributed by atoms with van der Waals surface area (Å²) < 4.78 is 54.3. The van der Waals surface area contributed by atoms with Gasteiger partial charge in [-0.1, -0.05) is 30.8 Å². The molecule has 34 heavy (non-hydrogen) atoms. The summed E-state index contributed by atoms with van der Waals surface area (Å²) in [5.41, 5.74) is 0.820. The Bertz CT molecular complexity index is 1290. The van der Waals surface area contributed by atoms with E-state index in [9.17, 15) is 18.0 Å². The average Bonchev–Trinajstić information content (AvgIpc) is 2.83. The first-order valence-corrected chi connectivity index (χ1v) is 10.6. The van der Waals surface area contributed by atoms with Gasteiger partial charge in [-0.3, -0.25) is 9.69 Å². The highest BCUT2D eigenvalue weighted by Crippen LogP contribution is 2.43. The minimum absolute atomic E-state index is 0.00427. The predicted molar refractivity (Wildman–Crippen MR) is 118 cm³/mol. The highest BCUT2D eigenvalue weighted by atomic mass is 19.4. The Morgan fingerprint density at radius 2 is 1.88 bits per heavy atom. The number of anilines is 2. The smallest absolute Gasteiger partial charge is 0.376 e. The molecule has 2 bridgehead atoms. The first-order valence-electron chi connectivity index (χ1n) is 10.6. The Hall–Kier alpha value is -3.57. The summed E-state index contributed by atoms with van der Waals surface area (Å²) in [6, 6.07) is 7.33. The van der Waals surface area contributed by atoms with Gasteiger partial charge in [-0.15, -0.1) is 0 Å². The second kappa shape index (κ2) is 8.65. The fraction of sp³-hybridized carbons (Fsp3) is 0.304. The number of alkyl halides is 3. The zero-order valence-electron chi connectivity index (χ0n) is 18.0. The van der Waals surface area contributed by atoms with E-state index in [1.165, 1.54) is 6.20 Å². The molecule has 2 aliphatic rings. The molecule has 1 amide bonds. The van der Waals surface area contributed by atoms with Crippen LogP contribution in [0.25, 0.3) is 16.6 Å². The maximum atomic E-state index is 14.5. The normalized spacial score (nSPS) is 17.2. The molecule has 5 rings (SSSR count). The molecule has 0 unspecified atom stereocenters. The third-order valence-corrected chi connectivity index (χ3v) is 5.63. The third kappa shape index (κ3) is 4.08. The molecule has 1 fully saturated rings. The Kier molecular flexibility index (Phi) is 5.66. The van der Waals surface area contributed by atoms with E-state index in [1.807, 2.05) is 18.2 Å². The maximum Gasteiger partial charge on any atom is 0.420 e. The molecule has 4 heterocycles. The van der Waals surface area contributed by atoms with Crippen LogP contribution >= 0.6 is 0 Å². The lowest BCUT2D eigenvalue weighted by Crippen LogP contribution is -2.43. The van der Waals surface area contributed by atoms with E-state index in [1.54, 1.807) is 6.07 Å². The van der Waals surface area contributed by atoms with Crippen molar-refractivity contribution in [3.63, 3.8) is 0 Å². The molecular formula is C23H20F3N5O3. The van der Waals surface area contributed by atoms with Gasteiger partial charge in [0.1, 0.15) is 29.6 Å². The number of nitrogens with one attached hydrogen (secondary N) is 1. The van der Waals surface area contributed by atoms with Gasteiger partial charge in [-0.05, 0) is 5.56 Å². The van der Waals surface area contributed by atoms with Crippen molar-refractivity contribution in [3.8, 4) is 0 Å². The molecule has 1 saturated heterocycles. The Morgan fingerprint density at radius 1 is 1.09 bits per heavy atom. The Morgan fingerprint density at radius 3 is 2.68 bits per heavy atom. The number of carbonyl (C=O) groups is 1. The van der Waals surface area contributed by atoms with Crippen LogP contribution in [0.1, 0.15) is 22.5 Å². The molecule has 1 N–H and O–H groups in total. The molecular weight excluding hydrogens is 451 g/mol. The molecule has 0 atom stereocenters. The number of morpholine rings is 1. The summed E-state index contributed by atoms with van der Waals surface area (Å²) in [6.45, 7) is 4.38. The van der Waals surface area contributed by atoms with Crippen LogP contribution in [0.5, 0.6) is 0 Å². The lowest BCUT2D eigenvalue weighted by Gasteiger charge is -2.29. The molecule has 1 aromatic carbocycles. The average molecular weight is 471 g/mol. The topological polar surface area (TPSA) is 89.5 Å². The number of ether oxygens (including phenoxy) is 2. The number of pyridine rings is 1. The minimum atomic E-state index is -4.84. The zero-order valence-corrected chi connectivity index (χ0v) is 18.0. The number of aromatic nitrogens is 3. The van der Waals surface area contributed by atoms with Crippen LogP contribution in [0.15, 0.2) is 37.0 Å². The largest absolute Gasteiger partial charge is 0.420 e. The lowest BCUT2D eigenvalue weighted by molar-refractivity contribution is -0.136. The molecule has 8 nitrogen and oxygen atoms in total. The number of hydrogen-bond donors (Lipinski definition) is 1. The molecule has 176 valence electrons. The summed E-state index contributed by atoms with van der Waals surface area (Å²) in [5.74, 6) is -0.847. The summed E-state index contributed by atoms with van der Waals surface area (Å²) in [6.07, 6.45) is -3.31. The Balaban J connectivity index is 1.74. The van der Waals surface area contributed by atoms with Crippen molar-refractivity contribution in [2.75, 3.05) is 36.6 Å². The number of rotatable bonds is 1. The highest BCUT2D eigenvalue weighted by molar-refractivity contribution is 6.02. The summed E-state index contributed by atoms with van der Waals surface area (Å²) in [7, 11) is 0. The van der Waals surface area contributed by atoms with Gasteiger partial charge >= 0.3 is 6.18 Å². The lowest BCUT2D eigenvalue weighted by atomic mass is 10.0. The third-order valence-electron chi connectivity index (χ3n) is 5.63. The first-order chi connectivity index (χ1) is 16.3. The van der Waals surface area contributed by atoms with Crippen LogP contribution in [0.2, 0.25) is 0 Å². The van der Waals surface area contributed by atoms with Gasteiger partial charge in [0.15, 0.2) is 0 Å². The predicted octanol–water partition coefficient (Wildman–Crippen LogP) is 3.56. The zero-order chi connectivity index (χ0) is 23.9. The van der Waals surface area contributed by atoms with Crippen LogP contribution in [0.4, 0.5) is 24.8 Å². The molecule has 2 aliphatic heterocycles. The second-order valence-electron chi connectivity index (χ2n) is 7.86. The number of benzene rings is 1. The number of halogens is 3. The van der Waals surface area contributed by atoms with Gasteiger partial charge in [0, 0.05) is 17.7 Å². The van der Waals surface area contributed by atoms with Gasteiger partial charge in [0.05, 0.1) is 43.5 Å². The van der Waals surface area contributed by atoms with Crippen molar-refractivity contribution in [1.29, 1.82) is 0 Å². The molecule has 0 saturated carbocycles. The summed E-state index contributed by atoms with van der Waals surface area (Å²) in [4.78, 5) is 26.1. The molecule has 0 radical (unpaired) electrons. The quantitative estimate of drug-likeness (QED) is 0.581. The standard InChI is InChI=1S/C23H20F3N5O3/c1-13-15-5-3-2-4-14(15)11-33-8-6-17-29-16-10-27-22(31-7-9-34-12-18(31)32)20(23(24,25)26)19(16)21(28-13)30-17/h2-5,10H,1,6-9,11-12H2,(H,28,29,30). The fourth-order valence-corrected chi connectivity index (χ4v) is 4.08. The van der Waals surface area contributed by atoms with Crippen LogP contribution in [0, 0.1) is 0 Å². The van der Waals surface area contributed by atoms with Gasteiger partial charge in [0.2, 0.25) is 0 Å².